The highest BCUT2D eigenvalue weighted by atomic mass is 35.5. The Balaban J connectivity index is 0.00000176. The van der Waals surface area contributed by atoms with Crippen LogP contribution in [0.1, 0.15) is 23.5 Å². The molecule has 1 saturated carbocycles. The lowest BCUT2D eigenvalue weighted by atomic mass is 10.1. The van der Waals surface area contributed by atoms with Crippen LogP contribution in [-0.2, 0) is 6.54 Å². The second kappa shape index (κ2) is 7.52. The van der Waals surface area contributed by atoms with E-state index in [1.54, 1.807) is 14.2 Å². The molecule has 0 spiro atoms. The molecule has 0 bridgehead atoms. The summed E-state index contributed by atoms with van der Waals surface area (Å²) in [7, 11) is 3.39. The van der Waals surface area contributed by atoms with Crippen LogP contribution in [0.3, 0.4) is 0 Å². The van der Waals surface area contributed by atoms with E-state index in [4.69, 9.17) is 9.47 Å². The SMILES string of the molecule is COc1ccc(OC)c(CN[C@@H]2C[C@H]2c2ccccc2)c1.Cl. The Morgan fingerprint density at radius 3 is 2.50 bits per heavy atom. The molecule has 1 fully saturated rings. The van der Waals surface area contributed by atoms with E-state index in [9.17, 15) is 0 Å². The summed E-state index contributed by atoms with van der Waals surface area (Å²) in [6, 6.07) is 17.2. The highest BCUT2D eigenvalue weighted by molar-refractivity contribution is 5.85. The quantitative estimate of drug-likeness (QED) is 0.879. The first-order valence-corrected chi connectivity index (χ1v) is 7.31. The van der Waals surface area contributed by atoms with Gasteiger partial charge in [-0.15, -0.1) is 12.4 Å². The van der Waals surface area contributed by atoms with Crippen molar-refractivity contribution in [1.29, 1.82) is 0 Å². The summed E-state index contributed by atoms with van der Waals surface area (Å²) in [6.07, 6.45) is 1.20. The van der Waals surface area contributed by atoms with Crippen LogP contribution < -0.4 is 14.8 Å². The van der Waals surface area contributed by atoms with Gasteiger partial charge in [-0.1, -0.05) is 30.3 Å². The largest absolute Gasteiger partial charge is 0.497 e. The fourth-order valence-corrected chi connectivity index (χ4v) is 2.75. The van der Waals surface area contributed by atoms with Crippen molar-refractivity contribution in [2.24, 2.45) is 0 Å². The van der Waals surface area contributed by atoms with Crippen LogP contribution in [0.25, 0.3) is 0 Å². The van der Waals surface area contributed by atoms with Crippen LogP contribution in [0.5, 0.6) is 11.5 Å². The van der Waals surface area contributed by atoms with Crippen molar-refractivity contribution in [3.8, 4) is 11.5 Å². The second-order valence-electron chi connectivity index (χ2n) is 5.42. The zero-order valence-corrected chi connectivity index (χ0v) is 13.7. The molecule has 1 aliphatic carbocycles. The van der Waals surface area contributed by atoms with Crippen molar-refractivity contribution >= 4 is 12.4 Å². The number of hydrogen-bond acceptors (Lipinski definition) is 3. The molecule has 1 N–H and O–H groups in total. The lowest BCUT2D eigenvalue weighted by Gasteiger charge is -2.11. The van der Waals surface area contributed by atoms with Gasteiger partial charge < -0.3 is 14.8 Å². The number of nitrogens with one attached hydrogen (secondary N) is 1. The van der Waals surface area contributed by atoms with Crippen molar-refractivity contribution < 1.29 is 9.47 Å². The summed E-state index contributed by atoms with van der Waals surface area (Å²) in [5.74, 6) is 2.41. The van der Waals surface area contributed by atoms with Gasteiger partial charge in [-0.25, -0.2) is 0 Å². The molecule has 0 aromatic heterocycles. The second-order valence-corrected chi connectivity index (χ2v) is 5.42. The monoisotopic (exact) mass is 319 g/mol. The minimum Gasteiger partial charge on any atom is -0.497 e. The lowest BCUT2D eigenvalue weighted by Crippen LogP contribution is -2.17. The third kappa shape index (κ3) is 3.73. The maximum atomic E-state index is 5.41. The van der Waals surface area contributed by atoms with E-state index in [0.717, 1.165) is 23.6 Å². The molecule has 2 atom stereocenters. The van der Waals surface area contributed by atoms with E-state index in [1.807, 2.05) is 18.2 Å². The summed E-state index contributed by atoms with van der Waals surface area (Å²) >= 11 is 0. The molecule has 1 aliphatic rings. The molecule has 2 aromatic carbocycles. The topological polar surface area (TPSA) is 30.5 Å². The van der Waals surface area contributed by atoms with Crippen LogP contribution in [0, 0.1) is 0 Å². The normalized spacial score (nSPS) is 19.2. The van der Waals surface area contributed by atoms with E-state index >= 15 is 0 Å². The van der Waals surface area contributed by atoms with Crippen LogP contribution in [0.2, 0.25) is 0 Å². The fourth-order valence-electron chi connectivity index (χ4n) is 2.75. The number of hydrogen-bond donors (Lipinski definition) is 1. The van der Waals surface area contributed by atoms with Crippen molar-refractivity contribution in [1.82, 2.24) is 5.32 Å². The number of rotatable bonds is 6. The fraction of sp³-hybridized carbons (Fsp3) is 0.333. The highest BCUT2D eigenvalue weighted by Crippen LogP contribution is 2.41. The van der Waals surface area contributed by atoms with Gasteiger partial charge in [0.25, 0.3) is 0 Å². The predicted molar refractivity (Wildman–Crippen MR) is 91.2 cm³/mol. The van der Waals surface area contributed by atoms with E-state index in [1.165, 1.54) is 12.0 Å². The van der Waals surface area contributed by atoms with Gasteiger partial charge in [0.1, 0.15) is 11.5 Å². The predicted octanol–water partition coefficient (Wildman–Crippen LogP) is 3.77. The summed E-state index contributed by atoms with van der Waals surface area (Å²) in [6.45, 7) is 0.800. The smallest absolute Gasteiger partial charge is 0.123 e. The minimum atomic E-state index is 0. The summed E-state index contributed by atoms with van der Waals surface area (Å²) in [4.78, 5) is 0. The van der Waals surface area contributed by atoms with Crippen molar-refractivity contribution in [3.63, 3.8) is 0 Å². The lowest BCUT2D eigenvalue weighted by molar-refractivity contribution is 0.397. The Hall–Kier alpha value is -1.71. The van der Waals surface area contributed by atoms with E-state index < -0.39 is 0 Å². The first-order valence-electron chi connectivity index (χ1n) is 7.31. The number of halogens is 1. The molecule has 118 valence electrons. The molecule has 22 heavy (non-hydrogen) atoms. The molecular formula is C18H22ClNO2. The average molecular weight is 320 g/mol. The van der Waals surface area contributed by atoms with Gasteiger partial charge in [-0.2, -0.15) is 0 Å². The zero-order valence-electron chi connectivity index (χ0n) is 12.9. The van der Waals surface area contributed by atoms with Crippen molar-refractivity contribution in [2.45, 2.75) is 24.9 Å². The van der Waals surface area contributed by atoms with Gasteiger partial charge in [0.15, 0.2) is 0 Å². The first-order chi connectivity index (χ1) is 10.3. The van der Waals surface area contributed by atoms with Gasteiger partial charge in [-0.3, -0.25) is 0 Å². The van der Waals surface area contributed by atoms with Crippen molar-refractivity contribution in [2.75, 3.05) is 14.2 Å². The Kier molecular flexibility index (Phi) is 5.69. The Labute approximate surface area is 138 Å². The maximum Gasteiger partial charge on any atom is 0.123 e. The molecule has 0 unspecified atom stereocenters. The molecule has 0 amide bonds. The van der Waals surface area contributed by atoms with Gasteiger partial charge >= 0.3 is 0 Å². The van der Waals surface area contributed by atoms with E-state index in [2.05, 4.69) is 35.6 Å². The van der Waals surface area contributed by atoms with Crippen LogP contribution in [-0.4, -0.2) is 20.3 Å². The zero-order chi connectivity index (χ0) is 14.7. The van der Waals surface area contributed by atoms with Gasteiger partial charge in [-0.05, 0) is 30.2 Å². The third-order valence-corrected chi connectivity index (χ3v) is 4.06. The third-order valence-electron chi connectivity index (χ3n) is 4.06. The molecule has 3 rings (SSSR count). The molecule has 0 aliphatic heterocycles. The Morgan fingerprint density at radius 2 is 1.82 bits per heavy atom. The minimum absolute atomic E-state index is 0. The molecule has 4 heteroatoms. The van der Waals surface area contributed by atoms with Gasteiger partial charge in [0.2, 0.25) is 0 Å². The van der Waals surface area contributed by atoms with Crippen LogP contribution in [0.4, 0.5) is 0 Å². The summed E-state index contributed by atoms with van der Waals surface area (Å²) in [5, 5.41) is 3.61. The molecule has 2 aromatic rings. The van der Waals surface area contributed by atoms with Gasteiger partial charge in [0, 0.05) is 24.1 Å². The highest BCUT2D eigenvalue weighted by Gasteiger charge is 2.37. The first kappa shape index (κ1) is 16.7. The van der Waals surface area contributed by atoms with Crippen molar-refractivity contribution in [3.05, 3.63) is 59.7 Å². The molecule has 0 heterocycles. The van der Waals surface area contributed by atoms with Crippen LogP contribution in [0.15, 0.2) is 48.5 Å². The summed E-state index contributed by atoms with van der Waals surface area (Å²) in [5.41, 5.74) is 2.56. The van der Waals surface area contributed by atoms with E-state index in [0.29, 0.717) is 12.0 Å². The van der Waals surface area contributed by atoms with E-state index in [-0.39, 0.29) is 12.4 Å². The standard InChI is InChI=1S/C18H21NO2.ClH/c1-20-15-8-9-18(21-2)14(10-15)12-19-17-11-16(17)13-6-4-3-5-7-13;/h3-10,16-17,19H,11-12H2,1-2H3;1H/t16-,17+;/m0./s1. The molecular weight excluding hydrogens is 298 g/mol. The molecule has 0 saturated heterocycles. The van der Waals surface area contributed by atoms with Crippen LogP contribution >= 0.6 is 12.4 Å². The number of ether oxygens (including phenoxy) is 2. The Bertz CT molecular complexity index is 603. The van der Waals surface area contributed by atoms with Gasteiger partial charge in [0.05, 0.1) is 14.2 Å². The molecule has 0 radical (unpaired) electrons. The maximum absolute atomic E-state index is 5.41. The number of methoxy groups -OCH3 is 2. The Morgan fingerprint density at radius 1 is 1.05 bits per heavy atom. The molecule has 3 nitrogen and oxygen atoms in total. The average Bonchev–Trinajstić information content (AvgIpc) is 3.33. The summed E-state index contributed by atoms with van der Waals surface area (Å²) < 4.78 is 10.7. The number of benzene rings is 2.